The lowest BCUT2D eigenvalue weighted by molar-refractivity contribution is -0.248. The van der Waals surface area contributed by atoms with Gasteiger partial charge in [0.2, 0.25) is 0 Å². The van der Waals surface area contributed by atoms with Gasteiger partial charge in [-0.3, -0.25) is 4.99 Å². The molecule has 9 heteroatoms. The summed E-state index contributed by atoms with van der Waals surface area (Å²) in [6, 6.07) is 2.10. The van der Waals surface area contributed by atoms with Crippen LogP contribution in [0.5, 0.6) is 5.75 Å². The maximum Gasteiger partial charge on any atom is 0.180 e. The van der Waals surface area contributed by atoms with Gasteiger partial charge < -0.3 is 30.3 Å². The van der Waals surface area contributed by atoms with Crippen LogP contribution in [0.3, 0.4) is 0 Å². The number of rotatable bonds is 3. The topological polar surface area (TPSA) is 123 Å². The molecule has 1 heterocycles. The molecule has 0 saturated carbocycles. The quantitative estimate of drug-likeness (QED) is 0.426. The Kier molecular flexibility index (Phi) is 5.94. The summed E-state index contributed by atoms with van der Waals surface area (Å²) in [5.41, 5.74) is 0.347. The molecule has 0 aliphatic carbocycles. The molecule has 1 aliphatic heterocycles. The van der Waals surface area contributed by atoms with Crippen LogP contribution in [0.15, 0.2) is 26.1 Å². The number of aliphatic imine (C=N–C) groups is 1. The normalized spacial score (nSPS) is 32.5. The van der Waals surface area contributed by atoms with Crippen molar-refractivity contribution in [1.82, 2.24) is 0 Å². The fraction of sp³-hybridized carbons (Fsp3) is 0.462. The molecule has 0 aromatic heterocycles. The van der Waals surface area contributed by atoms with E-state index < -0.39 is 37.3 Å². The minimum atomic E-state index is -1.48. The smallest absolute Gasteiger partial charge is 0.180 e. The standard InChI is InChI=1S/C13H15Br2NO6/c14-6-1-5(10(18)7(15)2-6)3-16-9-12(20)11(19)8(4-17)22-13(9)21/h1-3,8-9,11-13,17-21H,4H2/t8-,9-,11-,12-,13+/m1/s1. The second-order valence-electron chi connectivity index (χ2n) is 4.82. The van der Waals surface area contributed by atoms with Gasteiger partial charge in [0.15, 0.2) is 6.29 Å². The van der Waals surface area contributed by atoms with Crippen molar-refractivity contribution >= 4 is 38.1 Å². The summed E-state index contributed by atoms with van der Waals surface area (Å²) in [7, 11) is 0. The van der Waals surface area contributed by atoms with Gasteiger partial charge in [0.25, 0.3) is 0 Å². The monoisotopic (exact) mass is 439 g/mol. The predicted molar refractivity (Wildman–Crippen MR) is 84.9 cm³/mol. The first-order valence-electron chi connectivity index (χ1n) is 6.37. The van der Waals surface area contributed by atoms with E-state index in [0.717, 1.165) is 0 Å². The van der Waals surface area contributed by atoms with Crippen LogP contribution in [0.2, 0.25) is 0 Å². The second kappa shape index (κ2) is 7.35. The fourth-order valence-corrected chi connectivity index (χ4v) is 3.35. The lowest BCUT2D eigenvalue weighted by Crippen LogP contribution is -2.57. The Morgan fingerprint density at radius 3 is 2.50 bits per heavy atom. The Hall–Kier alpha value is -0.550. The first kappa shape index (κ1) is 17.8. The Morgan fingerprint density at radius 1 is 1.18 bits per heavy atom. The molecule has 1 aliphatic rings. The highest BCUT2D eigenvalue weighted by molar-refractivity contribution is 9.11. The molecule has 0 unspecified atom stereocenters. The largest absolute Gasteiger partial charge is 0.506 e. The summed E-state index contributed by atoms with van der Waals surface area (Å²) >= 11 is 6.45. The Labute approximate surface area is 143 Å². The molecule has 1 fully saturated rings. The lowest BCUT2D eigenvalue weighted by atomic mass is 9.97. The summed E-state index contributed by atoms with van der Waals surface area (Å²) in [4.78, 5) is 3.98. The number of phenolic OH excluding ortho intramolecular Hbond substituents is 1. The molecule has 1 aromatic carbocycles. The number of aromatic hydroxyl groups is 1. The first-order chi connectivity index (χ1) is 10.3. The third-order valence-electron chi connectivity index (χ3n) is 3.31. The molecule has 5 atom stereocenters. The molecule has 0 bridgehead atoms. The van der Waals surface area contributed by atoms with E-state index in [0.29, 0.717) is 14.5 Å². The molecule has 22 heavy (non-hydrogen) atoms. The SMILES string of the molecule is OC[C@H]1O[C@H](O)[C@H](N=Cc2cc(Br)cc(Br)c2O)[C@@H](O)[C@@H]1O. The zero-order valence-corrected chi connectivity index (χ0v) is 14.3. The van der Waals surface area contributed by atoms with Gasteiger partial charge in [0.05, 0.1) is 11.1 Å². The van der Waals surface area contributed by atoms with E-state index in [1.54, 1.807) is 12.1 Å². The van der Waals surface area contributed by atoms with Gasteiger partial charge in [-0.25, -0.2) is 0 Å². The zero-order chi connectivity index (χ0) is 16.4. The Morgan fingerprint density at radius 2 is 1.86 bits per heavy atom. The van der Waals surface area contributed by atoms with Crippen LogP contribution >= 0.6 is 31.9 Å². The Bertz CT molecular complexity index is 570. The zero-order valence-electron chi connectivity index (χ0n) is 11.2. The van der Waals surface area contributed by atoms with Crippen molar-refractivity contribution in [3.63, 3.8) is 0 Å². The van der Waals surface area contributed by atoms with Gasteiger partial charge >= 0.3 is 0 Å². The van der Waals surface area contributed by atoms with Crippen molar-refractivity contribution in [1.29, 1.82) is 0 Å². The summed E-state index contributed by atoms with van der Waals surface area (Å²) in [6.45, 7) is -0.537. The van der Waals surface area contributed by atoms with Crippen molar-refractivity contribution in [2.24, 2.45) is 4.99 Å². The van der Waals surface area contributed by atoms with Crippen molar-refractivity contribution in [2.45, 2.75) is 30.6 Å². The number of benzene rings is 1. The van der Waals surface area contributed by atoms with Crippen LogP contribution in [0.4, 0.5) is 0 Å². The molecule has 0 radical (unpaired) electrons. The van der Waals surface area contributed by atoms with Crippen molar-refractivity contribution in [3.05, 3.63) is 26.6 Å². The van der Waals surface area contributed by atoms with Crippen LogP contribution in [-0.2, 0) is 4.74 Å². The highest BCUT2D eigenvalue weighted by Gasteiger charge is 2.43. The van der Waals surface area contributed by atoms with Crippen molar-refractivity contribution in [3.8, 4) is 5.75 Å². The van der Waals surface area contributed by atoms with Gasteiger partial charge in [-0.2, -0.15) is 0 Å². The first-order valence-corrected chi connectivity index (χ1v) is 7.95. The molecule has 1 saturated heterocycles. The van der Waals surface area contributed by atoms with Gasteiger partial charge in [0, 0.05) is 16.3 Å². The molecule has 7 nitrogen and oxygen atoms in total. The average molecular weight is 441 g/mol. The third-order valence-corrected chi connectivity index (χ3v) is 4.37. The Balaban J connectivity index is 2.23. The molecular formula is C13H15Br2NO6. The van der Waals surface area contributed by atoms with E-state index in [-0.39, 0.29) is 5.75 Å². The number of phenols is 1. The van der Waals surface area contributed by atoms with Gasteiger partial charge in [-0.05, 0) is 28.1 Å². The number of halogens is 2. The molecule has 1 aromatic rings. The summed E-state index contributed by atoms with van der Waals surface area (Å²) in [6.07, 6.45) is -4.08. The predicted octanol–water partition coefficient (Wildman–Crippen LogP) is 0.136. The lowest BCUT2D eigenvalue weighted by Gasteiger charge is -2.38. The van der Waals surface area contributed by atoms with Crippen LogP contribution in [0.1, 0.15) is 5.56 Å². The number of ether oxygens (including phenoxy) is 1. The summed E-state index contributed by atoms with van der Waals surface area (Å²) < 4.78 is 6.14. The molecular weight excluding hydrogens is 426 g/mol. The highest BCUT2D eigenvalue weighted by Crippen LogP contribution is 2.31. The molecule has 122 valence electrons. The van der Waals surface area contributed by atoms with Crippen LogP contribution in [-0.4, -0.2) is 69.0 Å². The number of aliphatic hydroxyl groups excluding tert-OH is 4. The summed E-state index contributed by atoms with van der Waals surface area (Å²) in [5, 5.41) is 48.5. The number of aliphatic hydroxyl groups is 4. The molecule has 0 amide bonds. The van der Waals surface area contributed by atoms with Gasteiger partial charge in [-0.15, -0.1) is 0 Å². The summed E-state index contributed by atoms with van der Waals surface area (Å²) in [5.74, 6) is -0.0542. The van der Waals surface area contributed by atoms with E-state index in [1.165, 1.54) is 6.21 Å². The van der Waals surface area contributed by atoms with E-state index >= 15 is 0 Å². The maximum atomic E-state index is 9.97. The van der Waals surface area contributed by atoms with E-state index in [9.17, 15) is 20.4 Å². The van der Waals surface area contributed by atoms with E-state index in [2.05, 4.69) is 36.9 Å². The van der Waals surface area contributed by atoms with E-state index in [4.69, 9.17) is 9.84 Å². The third kappa shape index (κ3) is 3.67. The number of nitrogens with zero attached hydrogens (tertiary/aromatic N) is 1. The van der Waals surface area contributed by atoms with Crippen LogP contribution in [0, 0.1) is 0 Å². The van der Waals surface area contributed by atoms with Gasteiger partial charge in [-0.1, -0.05) is 15.9 Å². The minimum absolute atomic E-state index is 0.0542. The van der Waals surface area contributed by atoms with Crippen LogP contribution < -0.4 is 0 Å². The highest BCUT2D eigenvalue weighted by atomic mass is 79.9. The van der Waals surface area contributed by atoms with Crippen molar-refractivity contribution in [2.75, 3.05) is 6.61 Å². The average Bonchev–Trinajstić information content (AvgIpc) is 2.47. The number of hydrogen-bond donors (Lipinski definition) is 5. The van der Waals surface area contributed by atoms with Crippen molar-refractivity contribution < 1.29 is 30.3 Å². The second-order valence-corrected chi connectivity index (χ2v) is 6.59. The molecule has 2 rings (SSSR count). The van der Waals surface area contributed by atoms with Crippen LogP contribution in [0.25, 0.3) is 0 Å². The fourth-order valence-electron chi connectivity index (χ4n) is 2.09. The maximum absolute atomic E-state index is 9.97. The van der Waals surface area contributed by atoms with E-state index in [1.807, 2.05) is 0 Å². The van der Waals surface area contributed by atoms with Gasteiger partial charge in [0.1, 0.15) is 30.1 Å². The molecule has 0 spiro atoms. The molecule has 5 N–H and O–H groups in total. The number of hydrogen-bond acceptors (Lipinski definition) is 7. The minimum Gasteiger partial charge on any atom is -0.506 e.